The molecule has 3 aromatic heterocycles. The van der Waals surface area contributed by atoms with Crippen LogP contribution in [0.4, 0.5) is 5.82 Å². The standard InChI is InChI=1S/C16H19N7O/c1-2-11(1)8-23-9-12(7-19-23)14-13(3-6-24-14)20-15-16-21-18-10-22(16)5-4-17-15/h4-5,7,9-11,13-14H,1-3,6,8H2,(H,17,20)/t13-,14+/m0/s1. The van der Waals surface area contributed by atoms with Crippen LogP contribution in [0.25, 0.3) is 5.65 Å². The van der Waals surface area contributed by atoms with Gasteiger partial charge >= 0.3 is 0 Å². The van der Waals surface area contributed by atoms with Crippen molar-refractivity contribution in [2.75, 3.05) is 11.9 Å². The second kappa shape index (κ2) is 5.55. The maximum atomic E-state index is 5.96. The lowest BCUT2D eigenvalue weighted by Gasteiger charge is -2.19. The summed E-state index contributed by atoms with van der Waals surface area (Å²) in [5, 5.41) is 16.0. The van der Waals surface area contributed by atoms with Crippen LogP contribution in [0.3, 0.4) is 0 Å². The van der Waals surface area contributed by atoms with Crippen molar-refractivity contribution in [3.05, 3.63) is 36.7 Å². The smallest absolute Gasteiger partial charge is 0.203 e. The van der Waals surface area contributed by atoms with Gasteiger partial charge in [0.1, 0.15) is 12.4 Å². The van der Waals surface area contributed by atoms with Crippen LogP contribution in [0.15, 0.2) is 31.1 Å². The Morgan fingerprint density at radius 3 is 3.17 bits per heavy atom. The molecule has 1 aliphatic carbocycles. The van der Waals surface area contributed by atoms with E-state index in [-0.39, 0.29) is 12.1 Å². The fourth-order valence-corrected chi connectivity index (χ4v) is 3.29. The first-order valence-electron chi connectivity index (χ1n) is 8.41. The van der Waals surface area contributed by atoms with Crippen molar-refractivity contribution in [1.82, 2.24) is 29.4 Å². The number of nitrogens with one attached hydrogen (secondary N) is 1. The minimum absolute atomic E-state index is 0.0112. The molecule has 124 valence electrons. The molecule has 1 saturated carbocycles. The molecule has 3 aromatic rings. The topological polar surface area (TPSA) is 82.2 Å². The molecule has 2 atom stereocenters. The molecule has 1 saturated heterocycles. The number of anilines is 1. The third kappa shape index (κ3) is 2.52. The summed E-state index contributed by atoms with van der Waals surface area (Å²) >= 11 is 0. The highest BCUT2D eigenvalue weighted by Crippen LogP contribution is 2.33. The van der Waals surface area contributed by atoms with E-state index in [0.717, 1.165) is 42.5 Å². The second-order valence-corrected chi connectivity index (χ2v) is 6.61. The van der Waals surface area contributed by atoms with E-state index in [1.54, 1.807) is 12.5 Å². The van der Waals surface area contributed by atoms with Crippen LogP contribution >= 0.6 is 0 Å². The van der Waals surface area contributed by atoms with Crippen LogP contribution < -0.4 is 5.32 Å². The van der Waals surface area contributed by atoms with Crippen LogP contribution in [0.2, 0.25) is 0 Å². The van der Waals surface area contributed by atoms with Crippen LogP contribution in [0, 0.1) is 5.92 Å². The predicted octanol–water partition coefficient (Wildman–Crippen LogP) is 1.67. The second-order valence-electron chi connectivity index (χ2n) is 6.61. The average Bonchev–Trinajstić information content (AvgIpc) is 3.00. The number of ether oxygens (including phenoxy) is 1. The molecule has 4 heterocycles. The Morgan fingerprint density at radius 1 is 1.29 bits per heavy atom. The summed E-state index contributed by atoms with van der Waals surface area (Å²) in [6.45, 7) is 1.75. The molecule has 2 aliphatic rings. The van der Waals surface area contributed by atoms with E-state index < -0.39 is 0 Å². The molecular weight excluding hydrogens is 306 g/mol. The number of hydrogen-bond donors (Lipinski definition) is 1. The Kier molecular flexibility index (Phi) is 3.22. The molecule has 24 heavy (non-hydrogen) atoms. The van der Waals surface area contributed by atoms with Crippen LogP contribution in [0.1, 0.15) is 30.9 Å². The van der Waals surface area contributed by atoms with E-state index in [9.17, 15) is 0 Å². The number of nitrogens with zero attached hydrogens (tertiary/aromatic N) is 6. The highest BCUT2D eigenvalue weighted by molar-refractivity contribution is 5.62. The third-order valence-electron chi connectivity index (χ3n) is 4.75. The van der Waals surface area contributed by atoms with Gasteiger partial charge in [0.2, 0.25) is 5.65 Å². The lowest BCUT2D eigenvalue weighted by Crippen LogP contribution is -2.24. The molecule has 8 nitrogen and oxygen atoms in total. The Hall–Kier alpha value is -2.48. The fourth-order valence-electron chi connectivity index (χ4n) is 3.29. The molecule has 0 radical (unpaired) electrons. The predicted molar refractivity (Wildman–Crippen MR) is 86.5 cm³/mol. The SMILES string of the molecule is c1cn2cnnc2c(N[C@H]2CCO[C@@H]2c2cnn(CC3CC3)c2)n1. The molecule has 0 aromatic carbocycles. The normalized spacial score (nSPS) is 23.8. The van der Waals surface area contributed by atoms with E-state index in [4.69, 9.17) is 4.74 Å². The summed E-state index contributed by atoms with van der Waals surface area (Å²) in [6.07, 6.45) is 12.9. The maximum absolute atomic E-state index is 5.96. The molecule has 5 rings (SSSR count). The molecule has 0 amide bonds. The highest BCUT2D eigenvalue weighted by Gasteiger charge is 2.32. The first-order chi connectivity index (χ1) is 11.9. The summed E-state index contributed by atoms with van der Waals surface area (Å²) in [5.74, 6) is 1.55. The largest absolute Gasteiger partial charge is 0.371 e. The Morgan fingerprint density at radius 2 is 2.25 bits per heavy atom. The molecule has 8 heteroatoms. The summed E-state index contributed by atoms with van der Waals surface area (Å²) in [5.41, 5.74) is 1.85. The van der Waals surface area contributed by atoms with Gasteiger partial charge in [-0.2, -0.15) is 5.10 Å². The van der Waals surface area contributed by atoms with Gasteiger partial charge in [-0.3, -0.25) is 9.08 Å². The fraction of sp³-hybridized carbons (Fsp3) is 0.500. The van der Waals surface area contributed by atoms with Crippen molar-refractivity contribution < 1.29 is 4.74 Å². The molecule has 0 bridgehead atoms. The van der Waals surface area contributed by atoms with Gasteiger partial charge in [0.15, 0.2) is 5.82 Å². The number of rotatable bonds is 5. The monoisotopic (exact) mass is 325 g/mol. The number of aromatic nitrogens is 6. The van der Waals surface area contributed by atoms with Crippen LogP contribution in [-0.2, 0) is 11.3 Å². The molecule has 1 aliphatic heterocycles. The van der Waals surface area contributed by atoms with Gasteiger partial charge < -0.3 is 10.1 Å². The van der Waals surface area contributed by atoms with Crippen LogP contribution in [0.5, 0.6) is 0 Å². The van der Waals surface area contributed by atoms with Crippen molar-refractivity contribution >= 4 is 11.5 Å². The summed E-state index contributed by atoms with van der Waals surface area (Å²) in [7, 11) is 0. The van der Waals surface area contributed by atoms with Gasteiger partial charge in [0.25, 0.3) is 0 Å². The molecule has 1 N–H and O–H groups in total. The van der Waals surface area contributed by atoms with Gasteiger partial charge in [-0.1, -0.05) is 0 Å². The van der Waals surface area contributed by atoms with Crippen molar-refractivity contribution in [3.63, 3.8) is 0 Å². The number of fused-ring (bicyclic) bond motifs is 1. The van der Waals surface area contributed by atoms with Crippen LogP contribution in [-0.4, -0.2) is 42.0 Å². The Bertz CT molecular complexity index is 853. The van der Waals surface area contributed by atoms with Gasteiger partial charge in [0.05, 0.1) is 12.2 Å². The highest BCUT2D eigenvalue weighted by atomic mass is 16.5. The van der Waals surface area contributed by atoms with Crippen molar-refractivity contribution in [2.45, 2.75) is 38.0 Å². The molecule has 0 unspecified atom stereocenters. The molecule has 2 fully saturated rings. The zero-order valence-corrected chi connectivity index (χ0v) is 13.2. The minimum Gasteiger partial charge on any atom is -0.371 e. The van der Waals surface area contributed by atoms with E-state index >= 15 is 0 Å². The van der Waals surface area contributed by atoms with Crippen molar-refractivity contribution in [2.24, 2.45) is 5.92 Å². The van der Waals surface area contributed by atoms with E-state index in [1.807, 2.05) is 21.5 Å². The first-order valence-corrected chi connectivity index (χ1v) is 8.41. The van der Waals surface area contributed by atoms with E-state index in [2.05, 4.69) is 31.8 Å². The average molecular weight is 325 g/mol. The van der Waals surface area contributed by atoms with E-state index in [0.29, 0.717) is 0 Å². The summed E-state index contributed by atoms with van der Waals surface area (Å²) in [6, 6.07) is 0.152. The molecule has 0 spiro atoms. The lowest BCUT2D eigenvalue weighted by atomic mass is 10.1. The minimum atomic E-state index is -0.0112. The first kappa shape index (κ1) is 13.9. The van der Waals surface area contributed by atoms with Gasteiger partial charge in [0, 0.05) is 37.3 Å². The zero-order valence-electron chi connectivity index (χ0n) is 13.2. The molecular formula is C16H19N7O. The number of hydrogen-bond acceptors (Lipinski definition) is 6. The van der Waals surface area contributed by atoms with Crippen molar-refractivity contribution in [1.29, 1.82) is 0 Å². The zero-order chi connectivity index (χ0) is 15.9. The van der Waals surface area contributed by atoms with Gasteiger partial charge in [-0.15, -0.1) is 10.2 Å². The Labute approximate surface area is 138 Å². The van der Waals surface area contributed by atoms with Gasteiger partial charge in [-0.25, -0.2) is 4.98 Å². The lowest BCUT2D eigenvalue weighted by molar-refractivity contribution is 0.107. The third-order valence-corrected chi connectivity index (χ3v) is 4.75. The Balaban J connectivity index is 1.37. The van der Waals surface area contributed by atoms with Crippen molar-refractivity contribution in [3.8, 4) is 0 Å². The van der Waals surface area contributed by atoms with E-state index in [1.165, 1.54) is 12.8 Å². The summed E-state index contributed by atoms with van der Waals surface area (Å²) in [4.78, 5) is 4.41. The maximum Gasteiger partial charge on any atom is 0.203 e. The van der Waals surface area contributed by atoms with Gasteiger partial charge in [-0.05, 0) is 25.2 Å². The quantitative estimate of drug-likeness (QED) is 0.768. The summed E-state index contributed by atoms with van der Waals surface area (Å²) < 4.78 is 9.86.